The summed E-state index contributed by atoms with van der Waals surface area (Å²) in [6, 6.07) is 0.334. The number of nitrogens with zero attached hydrogens (tertiary/aromatic N) is 1. The number of nitrogens with one attached hydrogen (secondary N) is 1. The highest BCUT2D eigenvalue weighted by Gasteiger charge is 2.27. The SMILES string of the molecule is O=C1C=CC2CNCCN12. The smallest absolute Gasteiger partial charge is 0.246 e. The van der Waals surface area contributed by atoms with E-state index in [1.165, 1.54) is 0 Å². The quantitative estimate of drug-likeness (QED) is 0.482. The first-order chi connectivity index (χ1) is 4.88. The van der Waals surface area contributed by atoms with E-state index in [2.05, 4.69) is 5.32 Å². The summed E-state index contributed by atoms with van der Waals surface area (Å²) in [7, 11) is 0. The lowest BCUT2D eigenvalue weighted by atomic mass is 10.2. The van der Waals surface area contributed by atoms with E-state index in [0.717, 1.165) is 19.6 Å². The van der Waals surface area contributed by atoms with Gasteiger partial charge in [-0.2, -0.15) is 0 Å². The molecule has 3 nitrogen and oxygen atoms in total. The summed E-state index contributed by atoms with van der Waals surface area (Å²) in [6.07, 6.45) is 3.63. The van der Waals surface area contributed by atoms with Crippen LogP contribution >= 0.6 is 0 Å². The summed E-state index contributed by atoms with van der Waals surface area (Å²) in [5.41, 5.74) is 0. The molecule has 1 amide bonds. The van der Waals surface area contributed by atoms with Crippen LogP contribution in [0.2, 0.25) is 0 Å². The van der Waals surface area contributed by atoms with Crippen molar-refractivity contribution >= 4 is 5.91 Å². The van der Waals surface area contributed by atoms with Crippen LogP contribution < -0.4 is 5.32 Å². The van der Waals surface area contributed by atoms with Gasteiger partial charge in [-0.1, -0.05) is 6.08 Å². The molecule has 1 atom stereocenters. The van der Waals surface area contributed by atoms with E-state index in [-0.39, 0.29) is 5.91 Å². The van der Waals surface area contributed by atoms with Crippen LogP contribution in [0.25, 0.3) is 0 Å². The number of fused-ring (bicyclic) bond motifs is 1. The number of amides is 1. The third kappa shape index (κ3) is 0.743. The minimum Gasteiger partial charge on any atom is -0.330 e. The first-order valence-corrected chi connectivity index (χ1v) is 3.57. The molecule has 3 heteroatoms. The highest BCUT2D eigenvalue weighted by molar-refractivity contribution is 5.90. The number of piperazine rings is 1. The van der Waals surface area contributed by atoms with Crippen LogP contribution in [-0.4, -0.2) is 36.5 Å². The molecule has 0 radical (unpaired) electrons. The molecule has 10 heavy (non-hydrogen) atoms. The van der Waals surface area contributed by atoms with Crippen LogP contribution in [0.15, 0.2) is 12.2 Å². The first-order valence-electron chi connectivity index (χ1n) is 3.57. The molecule has 2 aliphatic heterocycles. The molecule has 1 saturated heterocycles. The van der Waals surface area contributed by atoms with Crippen molar-refractivity contribution < 1.29 is 4.79 Å². The van der Waals surface area contributed by atoms with E-state index >= 15 is 0 Å². The maximum absolute atomic E-state index is 11.0. The molecule has 0 aromatic heterocycles. The highest BCUT2D eigenvalue weighted by Crippen LogP contribution is 2.11. The van der Waals surface area contributed by atoms with Gasteiger partial charge in [0.2, 0.25) is 5.91 Å². The molecule has 0 aromatic carbocycles. The van der Waals surface area contributed by atoms with Gasteiger partial charge in [-0.05, 0) is 0 Å². The van der Waals surface area contributed by atoms with Gasteiger partial charge in [-0.3, -0.25) is 4.79 Å². The lowest BCUT2D eigenvalue weighted by Crippen LogP contribution is -2.49. The summed E-state index contributed by atoms with van der Waals surface area (Å²) in [5.74, 6) is 0.173. The van der Waals surface area contributed by atoms with Crippen molar-refractivity contribution in [3.8, 4) is 0 Å². The number of carbonyl (C=O) groups is 1. The lowest BCUT2D eigenvalue weighted by molar-refractivity contribution is -0.126. The first kappa shape index (κ1) is 5.92. The Bertz CT molecular complexity index is 188. The predicted molar refractivity (Wildman–Crippen MR) is 37.5 cm³/mol. The molecule has 0 spiro atoms. The van der Waals surface area contributed by atoms with Crippen LogP contribution in [0.1, 0.15) is 0 Å². The fraction of sp³-hybridized carbons (Fsp3) is 0.571. The van der Waals surface area contributed by atoms with E-state index in [9.17, 15) is 4.79 Å². The molecule has 2 heterocycles. The van der Waals surface area contributed by atoms with Crippen LogP contribution in [0.5, 0.6) is 0 Å². The average Bonchev–Trinajstić information content (AvgIpc) is 2.34. The molecule has 0 saturated carbocycles. The van der Waals surface area contributed by atoms with Crippen LogP contribution in [0.3, 0.4) is 0 Å². The van der Waals surface area contributed by atoms with Gasteiger partial charge in [0.15, 0.2) is 0 Å². The zero-order chi connectivity index (χ0) is 6.97. The van der Waals surface area contributed by atoms with Crippen LogP contribution in [0.4, 0.5) is 0 Å². The summed E-state index contributed by atoms with van der Waals surface area (Å²) in [5, 5.41) is 3.23. The van der Waals surface area contributed by atoms with Crippen molar-refractivity contribution in [2.75, 3.05) is 19.6 Å². The number of hydrogen-bond acceptors (Lipinski definition) is 2. The Balaban J connectivity index is 2.14. The number of hydrogen-bond donors (Lipinski definition) is 1. The zero-order valence-corrected chi connectivity index (χ0v) is 5.71. The van der Waals surface area contributed by atoms with E-state index in [4.69, 9.17) is 0 Å². The normalized spacial score (nSPS) is 31.0. The monoisotopic (exact) mass is 138 g/mol. The second kappa shape index (κ2) is 2.09. The topological polar surface area (TPSA) is 32.3 Å². The summed E-state index contributed by atoms with van der Waals surface area (Å²) in [6.45, 7) is 2.71. The maximum atomic E-state index is 11.0. The molecule has 0 aliphatic carbocycles. The number of carbonyl (C=O) groups excluding carboxylic acids is 1. The Morgan fingerprint density at radius 1 is 1.70 bits per heavy atom. The molecule has 0 bridgehead atoms. The van der Waals surface area contributed by atoms with Gasteiger partial charge in [0.05, 0.1) is 6.04 Å². The van der Waals surface area contributed by atoms with Crippen molar-refractivity contribution in [2.24, 2.45) is 0 Å². The van der Waals surface area contributed by atoms with Gasteiger partial charge >= 0.3 is 0 Å². The summed E-state index contributed by atoms with van der Waals surface area (Å²) < 4.78 is 0. The van der Waals surface area contributed by atoms with Crippen molar-refractivity contribution in [3.63, 3.8) is 0 Å². The second-order valence-electron chi connectivity index (χ2n) is 2.66. The van der Waals surface area contributed by atoms with Gasteiger partial charge < -0.3 is 10.2 Å². The van der Waals surface area contributed by atoms with Crippen LogP contribution in [-0.2, 0) is 4.79 Å². The summed E-state index contributed by atoms with van der Waals surface area (Å²) in [4.78, 5) is 12.9. The molecule has 54 valence electrons. The fourth-order valence-corrected chi connectivity index (χ4v) is 1.46. The van der Waals surface area contributed by atoms with Gasteiger partial charge in [0.25, 0.3) is 0 Å². The third-order valence-electron chi connectivity index (χ3n) is 2.03. The molecular formula is C7H10N2O. The van der Waals surface area contributed by atoms with Crippen molar-refractivity contribution in [2.45, 2.75) is 6.04 Å². The Labute approximate surface area is 59.7 Å². The molecular weight excluding hydrogens is 128 g/mol. The largest absolute Gasteiger partial charge is 0.330 e. The fourth-order valence-electron chi connectivity index (χ4n) is 1.46. The van der Waals surface area contributed by atoms with Crippen molar-refractivity contribution in [1.29, 1.82) is 0 Å². The molecule has 0 aromatic rings. The molecule has 1 fully saturated rings. The Kier molecular flexibility index (Phi) is 1.24. The summed E-state index contributed by atoms with van der Waals surface area (Å²) >= 11 is 0. The zero-order valence-electron chi connectivity index (χ0n) is 5.71. The van der Waals surface area contributed by atoms with Gasteiger partial charge in [-0.15, -0.1) is 0 Å². The Morgan fingerprint density at radius 3 is 3.40 bits per heavy atom. The maximum Gasteiger partial charge on any atom is 0.246 e. The Morgan fingerprint density at radius 2 is 2.60 bits per heavy atom. The molecule has 2 aliphatic rings. The van der Waals surface area contributed by atoms with E-state index in [0.29, 0.717) is 6.04 Å². The lowest BCUT2D eigenvalue weighted by Gasteiger charge is -2.29. The minimum absolute atomic E-state index is 0.173. The highest BCUT2D eigenvalue weighted by atomic mass is 16.2. The van der Waals surface area contributed by atoms with Gasteiger partial charge in [-0.25, -0.2) is 0 Å². The van der Waals surface area contributed by atoms with Crippen LogP contribution in [0, 0.1) is 0 Å². The third-order valence-corrected chi connectivity index (χ3v) is 2.03. The Hall–Kier alpha value is -0.830. The molecule has 1 unspecified atom stereocenters. The second-order valence-corrected chi connectivity index (χ2v) is 2.66. The average molecular weight is 138 g/mol. The van der Waals surface area contributed by atoms with Gasteiger partial charge in [0, 0.05) is 25.7 Å². The standard InChI is InChI=1S/C7H10N2O/c10-7-2-1-6-5-8-3-4-9(6)7/h1-2,6,8H,3-5H2. The predicted octanol–water partition coefficient (Wildman–Crippen LogP) is -0.643. The van der Waals surface area contributed by atoms with Crippen molar-refractivity contribution in [3.05, 3.63) is 12.2 Å². The van der Waals surface area contributed by atoms with Crippen molar-refractivity contribution in [1.82, 2.24) is 10.2 Å². The van der Waals surface area contributed by atoms with E-state index in [1.54, 1.807) is 6.08 Å². The molecule has 2 rings (SSSR count). The molecule has 1 N–H and O–H groups in total. The number of rotatable bonds is 0. The minimum atomic E-state index is 0.173. The van der Waals surface area contributed by atoms with E-state index < -0.39 is 0 Å². The van der Waals surface area contributed by atoms with E-state index in [1.807, 2.05) is 11.0 Å². The van der Waals surface area contributed by atoms with Gasteiger partial charge in [0.1, 0.15) is 0 Å².